The van der Waals surface area contributed by atoms with Crippen LogP contribution >= 0.6 is 23.7 Å². The average molecular weight is 498 g/mol. The zero-order valence-corrected chi connectivity index (χ0v) is 21.4. The molecule has 0 aliphatic rings. The Labute approximate surface area is 204 Å². The van der Waals surface area contributed by atoms with Gasteiger partial charge in [0.25, 0.3) is 11.8 Å². The molecule has 0 aliphatic carbocycles. The predicted octanol–water partition coefficient (Wildman–Crippen LogP) is 3.63. The third kappa shape index (κ3) is 8.30. The van der Waals surface area contributed by atoms with Crippen molar-refractivity contribution >= 4 is 52.3 Å². The van der Waals surface area contributed by atoms with Crippen LogP contribution in [0.4, 0.5) is 10.8 Å². The first-order chi connectivity index (χ1) is 15.1. The molecule has 0 bridgehead atoms. The van der Waals surface area contributed by atoms with Crippen molar-refractivity contribution in [2.24, 2.45) is 0 Å². The van der Waals surface area contributed by atoms with Crippen LogP contribution in [0.2, 0.25) is 0 Å². The van der Waals surface area contributed by atoms with E-state index in [1.54, 1.807) is 17.5 Å². The molecule has 0 unspecified atom stereocenters. The molecule has 1 heterocycles. The van der Waals surface area contributed by atoms with Gasteiger partial charge < -0.3 is 15.4 Å². The van der Waals surface area contributed by atoms with Crippen molar-refractivity contribution in [3.05, 3.63) is 34.8 Å². The molecule has 9 nitrogen and oxygen atoms in total. The number of carbonyl (C=O) groups excluding carboxylic acids is 3. The summed E-state index contributed by atoms with van der Waals surface area (Å²) in [5.74, 6) is -0.531. The number of amides is 3. The van der Waals surface area contributed by atoms with E-state index in [4.69, 9.17) is 4.74 Å². The second-order valence-corrected chi connectivity index (χ2v) is 8.63. The quantitative estimate of drug-likeness (QED) is 0.462. The number of hydrogen-bond donors (Lipinski definition) is 3. The Kier molecular flexibility index (Phi) is 11.3. The number of ether oxygens (including phenoxy) is 1. The fraction of sp³-hybridized carbons (Fsp3) is 0.455. The molecule has 0 spiro atoms. The van der Waals surface area contributed by atoms with Crippen LogP contribution in [0.15, 0.2) is 23.6 Å². The highest BCUT2D eigenvalue weighted by Gasteiger charge is 2.17. The summed E-state index contributed by atoms with van der Waals surface area (Å²) in [7, 11) is 1.48. The van der Waals surface area contributed by atoms with E-state index in [0.717, 1.165) is 17.9 Å². The summed E-state index contributed by atoms with van der Waals surface area (Å²) >= 11 is 1.16. The summed E-state index contributed by atoms with van der Waals surface area (Å²) in [5, 5.41) is 10.1. The van der Waals surface area contributed by atoms with Crippen LogP contribution in [0.3, 0.4) is 0 Å². The molecule has 3 N–H and O–H groups in total. The summed E-state index contributed by atoms with van der Waals surface area (Å²) < 4.78 is 5.20. The number of halogens is 1. The standard InChI is InChI=1S/C22H31N5O4S.ClH/c1-13(2)27(14(3)4)10-9-23-21(30)18-12-32-22(25-18)26-20(29)16-7-8-19(31-6)17(11-16)24-15(5)28;/h7-8,11-14H,9-10H2,1-6H3,(H,23,30)(H,24,28)(H,25,26,29);1H. The van der Waals surface area contributed by atoms with Crippen LogP contribution in [-0.4, -0.2) is 59.9 Å². The number of rotatable bonds is 10. The Hall–Kier alpha value is -2.69. The molecule has 1 aromatic heterocycles. The Bertz CT molecular complexity index is 956. The highest BCUT2D eigenvalue weighted by molar-refractivity contribution is 7.14. The number of anilines is 2. The van der Waals surface area contributed by atoms with Gasteiger partial charge in [-0.05, 0) is 45.9 Å². The summed E-state index contributed by atoms with van der Waals surface area (Å²) in [6.45, 7) is 11.1. The lowest BCUT2D eigenvalue weighted by atomic mass is 10.1. The van der Waals surface area contributed by atoms with Gasteiger partial charge in [0, 0.05) is 43.0 Å². The van der Waals surface area contributed by atoms with Crippen LogP contribution in [0.5, 0.6) is 5.75 Å². The number of benzene rings is 1. The van der Waals surface area contributed by atoms with Gasteiger partial charge in [0.05, 0.1) is 12.8 Å². The van der Waals surface area contributed by atoms with Gasteiger partial charge in [-0.1, -0.05) is 0 Å². The van der Waals surface area contributed by atoms with E-state index in [-0.39, 0.29) is 29.9 Å². The van der Waals surface area contributed by atoms with Crippen LogP contribution in [0.1, 0.15) is 55.5 Å². The third-order valence-electron chi connectivity index (χ3n) is 4.71. The average Bonchev–Trinajstić information content (AvgIpc) is 3.18. The maximum atomic E-state index is 12.6. The van der Waals surface area contributed by atoms with Gasteiger partial charge in [-0.2, -0.15) is 0 Å². The molecule has 0 saturated carbocycles. The van der Waals surface area contributed by atoms with Gasteiger partial charge in [0.2, 0.25) is 5.91 Å². The minimum absolute atomic E-state index is 0. The van der Waals surface area contributed by atoms with Gasteiger partial charge in [-0.25, -0.2) is 4.98 Å². The smallest absolute Gasteiger partial charge is 0.270 e. The normalized spacial score (nSPS) is 10.7. The lowest BCUT2D eigenvalue weighted by molar-refractivity contribution is -0.114. The van der Waals surface area contributed by atoms with E-state index in [1.807, 2.05) is 0 Å². The Morgan fingerprint density at radius 3 is 2.33 bits per heavy atom. The van der Waals surface area contributed by atoms with E-state index in [9.17, 15) is 14.4 Å². The molecule has 2 rings (SSSR count). The Balaban J connectivity index is 0.00000544. The molecule has 0 fully saturated rings. The lowest BCUT2D eigenvalue weighted by Gasteiger charge is -2.30. The molecule has 2 aromatic rings. The van der Waals surface area contributed by atoms with Crippen LogP contribution in [-0.2, 0) is 4.79 Å². The number of hydrogen-bond acceptors (Lipinski definition) is 7. The topological polar surface area (TPSA) is 113 Å². The van der Waals surface area contributed by atoms with Crippen molar-refractivity contribution in [1.82, 2.24) is 15.2 Å². The maximum absolute atomic E-state index is 12.6. The third-order valence-corrected chi connectivity index (χ3v) is 5.47. The van der Waals surface area contributed by atoms with Crippen molar-refractivity contribution in [1.29, 1.82) is 0 Å². The van der Waals surface area contributed by atoms with Gasteiger partial charge in [0.15, 0.2) is 5.13 Å². The van der Waals surface area contributed by atoms with Crippen molar-refractivity contribution < 1.29 is 19.1 Å². The van der Waals surface area contributed by atoms with Crippen LogP contribution in [0, 0.1) is 0 Å². The molecule has 11 heteroatoms. The lowest BCUT2D eigenvalue weighted by Crippen LogP contribution is -2.42. The number of methoxy groups -OCH3 is 1. The Morgan fingerprint density at radius 2 is 1.76 bits per heavy atom. The summed E-state index contributed by atoms with van der Waals surface area (Å²) in [4.78, 5) is 42.9. The molecule has 0 atom stereocenters. The van der Waals surface area contributed by atoms with Crippen molar-refractivity contribution in [2.45, 2.75) is 46.7 Å². The van der Waals surface area contributed by atoms with Gasteiger partial charge in [-0.15, -0.1) is 23.7 Å². The number of nitrogens with zero attached hydrogens (tertiary/aromatic N) is 2. The predicted molar refractivity (Wildman–Crippen MR) is 134 cm³/mol. The molecule has 0 saturated heterocycles. The Morgan fingerprint density at radius 1 is 1.09 bits per heavy atom. The first-order valence-corrected chi connectivity index (χ1v) is 11.3. The van der Waals surface area contributed by atoms with Crippen molar-refractivity contribution in [3.63, 3.8) is 0 Å². The minimum atomic E-state index is -0.412. The fourth-order valence-corrected chi connectivity index (χ4v) is 3.93. The first kappa shape index (κ1) is 28.3. The maximum Gasteiger partial charge on any atom is 0.270 e. The van der Waals surface area contributed by atoms with Gasteiger partial charge >= 0.3 is 0 Å². The van der Waals surface area contributed by atoms with Crippen LogP contribution in [0.25, 0.3) is 0 Å². The largest absolute Gasteiger partial charge is 0.495 e. The molecular weight excluding hydrogens is 466 g/mol. The highest BCUT2D eigenvalue weighted by atomic mass is 35.5. The van der Waals surface area contributed by atoms with E-state index in [1.165, 1.54) is 20.1 Å². The summed E-state index contributed by atoms with van der Waals surface area (Å²) in [5.41, 5.74) is 0.960. The zero-order valence-electron chi connectivity index (χ0n) is 19.7. The SMILES string of the molecule is COc1ccc(C(=O)Nc2nc(C(=O)NCCN(C(C)C)C(C)C)cs2)cc1NC(C)=O.Cl. The van der Waals surface area contributed by atoms with E-state index in [2.05, 4.69) is 53.5 Å². The zero-order chi connectivity index (χ0) is 23.8. The molecule has 33 heavy (non-hydrogen) atoms. The first-order valence-electron chi connectivity index (χ1n) is 10.4. The molecule has 3 amide bonds. The van der Waals surface area contributed by atoms with E-state index in [0.29, 0.717) is 40.8 Å². The summed E-state index contributed by atoms with van der Waals surface area (Å²) in [6, 6.07) is 5.47. The molecular formula is C22H32ClN5O4S. The second kappa shape index (κ2) is 13.1. The van der Waals surface area contributed by atoms with Gasteiger partial charge in [0.1, 0.15) is 11.4 Å². The van der Waals surface area contributed by atoms with Gasteiger partial charge in [-0.3, -0.25) is 24.6 Å². The number of thiazole rings is 1. The second-order valence-electron chi connectivity index (χ2n) is 7.77. The van der Waals surface area contributed by atoms with E-state index >= 15 is 0 Å². The molecule has 1 aromatic carbocycles. The molecule has 0 aliphatic heterocycles. The summed E-state index contributed by atoms with van der Waals surface area (Å²) in [6.07, 6.45) is 0. The highest BCUT2D eigenvalue weighted by Crippen LogP contribution is 2.26. The van der Waals surface area contributed by atoms with Crippen molar-refractivity contribution in [2.75, 3.05) is 30.8 Å². The number of nitrogens with one attached hydrogen (secondary N) is 3. The molecule has 182 valence electrons. The number of carbonyl (C=O) groups is 3. The number of aromatic nitrogens is 1. The minimum Gasteiger partial charge on any atom is -0.495 e. The van der Waals surface area contributed by atoms with Crippen molar-refractivity contribution in [3.8, 4) is 5.75 Å². The molecule has 0 radical (unpaired) electrons. The van der Waals surface area contributed by atoms with E-state index < -0.39 is 5.91 Å². The van der Waals surface area contributed by atoms with Crippen LogP contribution < -0.4 is 20.7 Å². The fourth-order valence-electron chi connectivity index (χ4n) is 3.24. The monoisotopic (exact) mass is 497 g/mol.